The van der Waals surface area contributed by atoms with Gasteiger partial charge >= 0.3 is 0 Å². The zero-order chi connectivity index (χ0) is 38.7. The highest BCUT2D eigenvalue weighted by molar-refractivity contribution is 5.07. The number of nitrogens with zero attached hydrogens (tertiary/aromatic N) is 2. The number of likely N-dealkylation sites (N-methyl/N-ethyl adjacent to an activating group) is 1. The zero-order valence-corrected chi connectivity index (χ0v) is 33.2. The molecule has 5 aliphatic heterocycles. The summed E-state index contributed by atoms with van der Waals surface area (Å²) in [5.41, 5.74) is -3.40. The quantitative estimate of drug-likeness (QED) is 0.267. The van der Waals surface area contributed by atoms with Crippen LogP contribution in [-0.4, -0.2) is 142 Å². The van der Waals surface area contributed by atoms with E-state index in [-0.39, 0.29) is 30.9 Å². The molecule has 6 unspecified atom stereocenters. The second kappa shape index (κ2) is 15.5. The van der Waals surface area contributed by atoms with E-state index in [1.54, 1.807) is 34.9 Å². The third-order valence-electron chi connectivity index (χ3n) is 13.1. The predicted octanol–water partition coefficient (Wildman–Crippen LogP) is 2.67. The molecule has 5 rings (SSSR count). The van der Waals surface area contributed by atoms with Crippen LogP contribution in [0, 0.1) is 35.0 Å². The standard InChI is InChI=1S/C38H66N2O12/c1-13-26-37(10,43)33-21(4)29-19(2)17-36(9,51-29)32(49-34-28(41)25(16-20(3)46-34)40(11)15-14-39)22(5)30(23(6)38(44,50-26)52-33)48-27-18-35(8,45-12)31(42)24(7)47-27/h19-34,41-44H,13,15-18H2,1-12H3/t19-,20?,21-,22-,23+,24?,25?,26+,27-,28?,29?,30-,31-,32+,33+,34-,35?,36-,37+,38-/m0/s1. The molecule has 0 radical (unpaired) electrons. The van der Waals surface area contributed by atoms with E-state index >= 15 is 0 Å². The third-order valence-corrected chi connectivity index (χ3v) is 13.1. The molecule has 0 spiro atoms. The summed E-state index contributed by atoms with van der Waals surface area (Å²) >= 11 is 0. The maximum absolute atomic E-state index is 12.5. The fourth-order valence-corrected chi connectivity index (χ4v) is 10.0. The van der Waals surface area contributed by atoms with E-state index < -0.39 is 102 Å². The van der Waals surface area contributed by atoms with Crippen molar-refractivity contribution < 1.29 is 58.3 Å². The van der Waals surface area contributed by atoms with Gasteiger partial charge in [0, 0.05) is 31.4 Å². The number of hydrogen-bond donors (Lipinski definition) is 4. The van der Waals surface area contributed by atoms with Gasteiger partial charge in [-0.1, -0.05) is 34.6 Å². The largest absolute Gasteiger partial charge is 0.387 e. The number of ether oxygens (including phenoxy) is 8. The highest BCUT2D eigenvalue weighted by Gasteiger charge is 2.64. The molecule has 14 heteroatoms. The smallest absolute Gasteiger partial charge is 0.286 e. The molecule has 20 atom stereocenters. The van der Waals surface area contributed by atoms with E-state index in [1.165, 1.54) is 0 Å². The van der Waals surface area contributed by atoms with Crippen LogP contribution in [0.3, 0.4) is 0 Å². The molecule has 4 N–H and O–H groups in total. The summed E-state index contributed by atoms with van der Waals surface area (Å²) in [5, 5.41) is 56.6. The number of methoxy groups -OCH3 is 1. The molecule has 0 amide bonds. The van der Waals surface area contributed by atoms with Gasteiger partial charge in [-0.25, -0.2) is 0 Å². The van der Waals surface area contributed by atoms with Crippen molar-refractivity contribution in [2.24, 2.45) is 23.7 Å². The number of aliphatic hydroxyl groups is 4. The molecule has 5 aliphatic rings. The number of hydrogen-bond acceptors (Lipinski definition) is 14. The molecule has 0 saturated carbocycles. The van der Waals surface area contributed by atoms with Gasteiger partial charge < -0.3 is 58.3 Å². The SMILES string of the molecule is CC[C@H]1O[C@]2(O)O[C@H]([C@@H](C)C3O[C@@](C)(C[C@@H]3C)[C@H](O[C@@H]3OC(C)CC(N(C)CC#N)C3O)[C@@H](C)[C@H](O[C@H]3CC(C)(OC)[C@@H](O)C(C)O3)[C@H]2C)[C@]1(C)O. The Morgan fingerprint density at radius 2 is 1.60 bits per heavy atom. The van der Waals surface area contributed by atoms with Gasteiger partial charge in [0.25, 0.3) is 5.97 Å². The first-order chi connectivity index (χ1) is 24.2. The minimum atomic E-state index is -2.20. The molecule has 5 heterocycles. The second-order valence-electron chi connectivity index (χ2n) is 17.3. The lowest BCUT2D eigenvalue weighted by Gasteiger charge is -2.55. The van der Waals surface area contributed by atoms with E-state index in [4.69, 9.17) is 37.9 Å². The molecule has 52 heavy (non-hydrogen) atoms. The van der Waals surface area contributed by atoms with Crippen molar-refractivity contribution in [3.05, 3.63) is 0 Å². The topological polar surface area (TPSA) is 182 Å². The van der Waals surface area contributed by atoms with Gasteiger partial charge in [0.05, 0.1) is 72.5 Å². The first-order valence-corrected chi connectivity index (χ1v) is 19.2. The maximum Gasteiger partial charge on any atom is 0.286 e. The van der Waals surface area contributed by atoms with Gasteiger partial charge in [0.1, 0.15) is 17.8 Å². The molecular formula is C38H66N2O12. The van der Waals surface area contributed by atoms with Crippen molar-refractivity contribution in [3.8, 4) is 6.07 Å². The Kier molecular flexibility index (Phi) is 12.5. The van der Waals surface area contributed by atoms with E-state index in [0.717, 1.165) is 0 Å². The summed E-state index contributed by atoms with van der Waals surface area (Å²) in [6.07, 6.45) is -6.92. The molecule has 0 aromatic carbocycles. The summed E-state index contributed by atoms with van der Waals surface area (Å²) in [6.45, 7) is 19.0. The van der Waals surface area contributed by atoms with Crippen molar-refractivity contribution in [1.29, 1.82) is 5.26 Å². The predicted molar refractivity (Wildman–Crippen MR) is 187 cm³/mol. The Morgan fingerprint density at radius 1 is 0.923 bits per heavy atom. The monoisotopic (exact) mass is 742 g/mol. The van der Waals surface area contributed by atoms with Crippen molar-refractivity contribution >= 4 is 0 Å². The van der Waals surface area contributed by atoms with Gasteiger partial charge in [-0.3, -0.25) is 4.90 Å². The molecule has 0 aliphatic carbocycles. The number of fused-ring (bicyclic) bond motifs is 4. The van der Waals surface area contributed by atoms with Gasteiger partial charge in [-0.15, -0.1) is 0 Å². The molecule has 0 aromatic heterocycles. The van der Waals surface area contributed by atoms with E-state index in [1.807, 2.05) is 46.4 Å². The van der Waals surface area contributed by atoms with Crippen LogP contribution < -0.4 is 0 Å². The van der Waals surface area contributed by atoms with Crippen LogP contribution in [0.2, 0.25) is 0 Å². The molecule has 0 aromatic rings. The lowest BCUT2D eigenvalue weighted by atomic mass is 9.74. The van der Waals surface area contributed by atoms with Crippen LogP contribution in [-0.2, 0) is 37.9 Å². The van der Waals surface area contributed by atoms with Gasteiger partial charge in [0.2, 0.25) is 0 Å². The molecule has 14 nitrogen and oxygen atoms in total. The first-order valence-electron chi connectivity index (χ1n) is 19.2. The summed E-state index contributed by atoms with van der Waals surface area (Å²) in [5.74, 6) is -4.08. The van der Waals surface area contributed by atoms with Gasteiger partial charge in [-0.05, 0) is 66.8 Å². The van der Waals surface area contributed by atoms with Crippen LogP contribution in [0.1, 0.15) is 94.9 Å². The van der Waals surface area contributed by atoms with Crippen molar-refractivity contribution in [3.63, 3.8) is 0 Å². The average Bonchev–Trinajstić information content (AvgIpc) is 3.39. The Morgan fingerprint density at radius 3 is 2.21 bits per heavy atom. The number of rotatable bonds is 8. The molecular weight excluding hydrogens is 676 g/mol. The fourth-order valence-electron chi connectivity index (χ4n) is 10.0. The van der Waals surface area contributed by atoms with Crippen LogP contribution >= 0.6 is 0 Å². The highest BCUT2D eigenvalue weighted by atomic mass is 16.8. The van der Waals surface area contributed by atoms with Gasteiger partial charge in [0.15, 0.2) is 12.6 Å². The number of aliphatic hydroxyl groups excluding tert-OH is 2. The highest BCUT2D eigenvalue weighted by Crippen LogP contribution is 2.52. The average molecular weight is 743 g/mol. The Bertz CT molecular complexity index is 1270. The Balaban J connectivity index is 1.62. The third kappa shape index (κ3) is 7.57. The lowest BCUT2D eigenvalue weighted by Crippen LogP contribution is -2.69. The van der Waals surface area contributed by atoms with Crippen molar-refractivity contribution in [2.45, 2.75) is 191 Å². The summed E-state index contributed by atoms with van der Waals surface area (Å²) in [4.78, 5) is 1.81. The second-order valence-corrected chi connectivity index (χ2v) is 17.3. The molecule has 4 bridgehead atoms. The summed E-state index contributed by atoms with van der Waals surface area (Å²) in [6, 6.07) is 1.77. The van der Waals surface area contributed by atoms with Gasteiger partial charge in [-0.2, -0.15) is 5.26 Å². The van der Waals surface area contributed by atoms with Crippen molar-refractivity contribution in [1.82, 2.24) is 4.90 Å². The normalized spacial score (nSPS) is 54.4. The van der Waals surface area contributed by atoms with Crippen LogP contribution in [0.4, 0.5) is 0 Å². The molecule has 5 fully saturated rings. The summed E-state index contributed by atoms with van der Waals surface area (Å²) < 4.78 is 52.2. The minimum absolute atomic E-state index is 0.0120. The molecule has 300 valence electrons. The summed E-state index contributed by atoms with van der Waals surface area (Å²) in [7, 11) is 3.34. The Labute approximate surface area is 309 Å². The van der Waals surface area contributed by atoms with Crippen LogP contribution in [0.15, 0.2) is 0 Å². The zero-order valence-electron chi connectivity index (χ0n) is 33.2. The molecule has 5 saturated heterocycles. The lowest BCUT2D eigenvalue weighted by molar-refractivity contribution is -0.481. The maximum atomic E-state index is 12.5. The van der Waals surface area contributed by atoms with Crippen LogP contribution in [0.5, 0.6) is 0 Å². The van der Waals surface area contributed by atoms with Crippen LogP contribution in [0.25, 0.3) is 0 Å². The van der Waals surface area contributed by atoms with E-state index in [9.17, 15) is 25.7 Å². The first kappa shape index (κ1) is 42.1. The Hall–Kier alpha value is -1.03. The number of nitriles is 1. The fraction of sp³-hybridized carbons (Fsp3) is 0.974. The van der Waals surface area contributed by atoms with E-state index in [2.05, 4.69) is 13.0 Å². The van der Waals surface area contributed by atoms with E-state index in [0.29, 0.717) is 19.3 Å². The minimum Gasteiger partial charge on any atom is -0.387 e. The van der Waals surface area contributed by atoms with Crippen molar-refractivity contribution in [2.75, 3.05) is 20.7 Å².